The number of nitrogens with zero attached hydrogens (tertiary/aromatic N) is 3. The van der Waals surface area contributed by atoms with Crippen molar-refractivity contribution >= 4 is 17.4 Å². The van der Waals surface area contributed by atoms with Crippen LogP contribution < -0.4 is 9.47 Å². The Kier molecular flexibility index (Phi) is 6.37. The number of aliphatic hydroxyl groups is 1. The zero-order valence-corrected chi connectivity index (χ0v) is 17.5. The normalized spacial score (nSPS) is 18.2. The van der Waals surface area contributed by atoms with E-state index in [0.717, 1.165) is 0 Å². The number of hydrogen-bond acceptors (Lipinski definition) is 7. The van der Waals surface area contributed by atoms with Crippen molar-refractivity contribution in [3.8, 4) is 11.5 Å². The summed E-state index contributed by atoms with van der Waals surface area (Å²) in [6, 6.07) is 7.61. The maximum absolute atomic E-state index is 12.9. The minimum Gasteiger partial charge on any atom is -0.507 e. The van der Waals surface area contributed by atoms with E-state index in [4.69, 9.17) is 9.47 Å². The van der Waals surface area contributed by atoms with Crippen LogP contribution in [0.3, 0.4) is 0 Å². The summed E-state index contributed by atoms with van der Waals surface area (Å²) in [6.45, 7) is 0.903. The number of likely N-dealkylation sites (N-methyl/N-ethyl adjacent to an activating group) is 1. The fourth-order valence-corrected chi connectivity index (χ4v) is 3.44. The van der Waals surface area contributed by atoms with Crippen LogP contribution in [0.2, 0.25) is 0 Å². The summed E-state index contributed by atoms with van der Waals surface area (Å²) in [7, 11) is 6.77. The fraction of sp³-hybridized carbons (Fsp3) is 0.318. The van der Waals surface area contributed by atoms with Gasteiger partial charge in [0.25, 0.3) is 11.7 Å². The predicted octanol–water partition coefficient (Wildman–Crippen LogP) is 2.08. The molecule has 158 valence electrons. The van der Waals surface area contributed by atoms with Gasteiger partial charge in [-0.25, -0.2) is 0 Å². The SMILES string of the molecule is COc1ccc(/C(O)=C2\C(=O)C(=O)N(CCN(C)C)C2c2cccnc2)cc1OC. The van der Waals surface area contributed by atoms with E-state index in [1.807, 2.05) is 19.0 Å². The summed E-state index contributed by atoms with van der Waals surface area (Å²) < 4.78 is 10.5. The van der Waals surface area contributed by atoms with E-state index in [1.165, 1.54) is 19.1 Å². The van der Waals surface area contributed by atoms with Gasteiger partial charge in [-0.15, -0.1) is 0 Å². The molecule has 0 bridgehead atoms. The summed E-state index contributed by atoms with van der Waals surface area (Å²) in [4.78, 5) is 33.3. The van der Waals surface area contributed by atoms with Crippen molar-refractivity contribution in [2.24, 2.45) is 0 Å². The predicted molar refractivity (Wildman–Crippen MR) is 111 cm³/mol. The molecule has 1 fully saturated rings. The van der Waals surface area contributed by atoms with Crippen LogP contribution in [0.4, 0.5) is 0 Å². The highest BCUT2D eigenvalue weighted by Gasteiger charge is 2.46. The van der Waals surface area contributed by atoms with Crippen molar-refractivity contribution in [3.63, 3.8) is 0 Å². The van der Waals surface area contributed by atoms with Gasteiger partial charge >= 0.3 is 0 Å². The van der Waals surface area contributed by atoms with Gasteiger partial charge in [-0.3, -0.25) is 14.6 Å². The van der Waals surface area contributed by atoms with Crippen molar-refractivity contribution < 1.29 is 24.2 Å². The average molecular weight is 411 g/mol. The molecule has 1 aliphatic heterocycles. The van der Waals surface area contributed by atoms with Crippen LogP contribution in [0, 0.1) is 0 Å². The Hall–Kier alpha value is -3.39. The summed E-state index contributed by atoms with van der Waals surface area (Å²) in [5.74, 6) is -0.747. The van der Waals surface area contributed by atoms with E-state index >= 15 is 0 Å². The highest BCUT2D eigenvalue weighted by Crippen LogP contribution is 2.40. The highest BCUT2D eigenvalue weighted by molar-refractivity contribution is 6.46. The number of hydrogen-bond donors (Lipinski definition) is 1. The molecule has 2 heterocycles. The lowest BCUT2D eigenvalue weighted by molar-refractivity contribution is -0.140. The standard InChI is InChI=1S/C22H25N3O5/c1-24(2)10-11-25-19(15-6-5-9-23-13-15)18(21(27)22(25)28)20(26)14-7-8-16(29-3)17(12-14)30-4/h5-9,12-13,19,26H,10-11H2,1-4H3/b20-18+. The number of methoxy groups -OCH3 is 2. The number of amides is 1. The Bertz CT molecular complexity index is 972. The zero-order chi connectivity index (χ0) is 21.8. The number of aromatic nitrogens is 1. The van der Waals surface area contributed by atoms with E-state index in [0.29, 0.717) is 35.7 Å². The first-order chi connectivity index (χ1) is 14.4. The van der Waals surface area contributed by atoms with Crippen molar-refractivity contribution in [2.75, 3.05) is 41.4 Å². The van der Waals surface area contributed by atoms with Crippen molar-refractivity contribution in [1.82, 2.24) is 14.8 Å². The Morgan fingerprint density at radius 1 is 1.17 bits per heavy atom. The number of carbonyl (C=O) groups is 2. The minimum atomic E-state index is -0.730. The van der Waals surface area contributed by atoms with Gasteiger partial charge in [-0.1, -0.05) is 6.07 Å². The molecule has 2 aromatic rings. The molecule has 0 saturated carbocycles. The van der Waals surface area contributed by atoms with E-state index in [-0.39, 0.29) is 11.3 Å². The Balaban J connectivity index is 2.14. The van der Waals surface area contributed by atoms with E-state index in [9.17, 15) is 14.7 Å². The number of benzene rings is 1. The van der Waals surface area contributed by atoms with E-state index in [1.54, 1.807) is 42.7 Å². The van der Waals surface area contributed by atoms with Gasteiger partial charge in [0.15, 0.2) is 11.5 Å². The lowest BCUT2D eigenvalue weighted by Crippen LogP contribution is -2.35. The molecule has 8 heteroatoms. The third-order valence-corrected chi connectivity index (χ3v) is 4.99. The minimum absolute atomic E-state index is 0.0268. The first-order valence-corrected chi connectivity index (χ1v) is 9.44. The molecule has 1 aromatic carbocycles. The number of rotatable bonds is 7. The van der Waals surface area contributed by atoms with Crippen LogP contribution in [0.5, 0.6) is 11.5 Å². The molecular formula is C22H25N3O5. The largest absolute Gasteiger partial charge is 0.507 e. The molecule has 1 amide bonds. The number of likely N-dealkylation sites (tertiary alicyclic amines) is 1. The molecule has 0 aliphatic carbocycles. The Morgan fingerprint density at radius 2 is 1.90 bits per heavy atom. The second-order valence-corrected chi connectivity index (χ2v) is 7.15. The number of carbonyl (C=O) groups excluding carboxylic acids is 2. The number of Topliss-reactive ketones (excluding diaryl/α,β-unsaturated/α-hetero) is 1. The third-order valence-electron chi connectivity index (χ3n) is 4.99. The molecule has 0 radical (unpaired) electrons. The van der Waals surface area contributed by atoms with Crippen LogP contribution in [0.25, 0.3) is 5.76 Å². The maximum atomic E-state index is 12.9. The van der Waals surface area contributed by atoms with Crippen LogP contribution in [0.15, 0.2) is 48.3 Å². The van der Waals surface area contributed by atoms with Crippen molar-refractivity contribution in [1.29, 1.82) is 0 Å². The van der Waals surface area contributed by atoms with Gasteiger partial charge in [0.2, 0.25) is 0 Å². The molecule has 1 unspecified atom stereocenters. The molecule has 8 nitrogen and oxygen atoms in total. The molecule has 0 spiro atoms. The maximum Gasteiger partial charge on any atom is 0.295 e. The first-order valence-electron chi connectivity index (χ1n) is 9.44. The molecule has 1 saturated heterocycles. The van der Waals surface area contributed by atoms with Crippen molar-refractivity contribution in [3.05, 3.63) is 59.4 Å². The summed E-state index contributed by atoms with van der Waals surface area (Å²) in [5.41, 5.74) is 1.03. The monoisotopic (exact) mass is 411 g/mol. The van der Waals surface area contributed by atoms with Gasteiger partial charge < -0.3 is 24.4 Å². The summed E-state index contributed by atoms with van der Waals surface area (Å²) in [5, 5.41) is 11.1. The molecule has 1 aliphatic rings. The van der Waals surface area contributed by atoms with Crippen LogP contribution in [0.1, 0.15) is 17.2 Å². The molecule has 1 atom stereocenters. The number of pyridine rings is 1. The van der Waals surface area contributed by atoms with Crippen LogP contribution in [-0.4, -0.2) is 73.0 Å². The highest BCUT2D eigenvalue weighted by atomic mass is 16.5. The number of ketones is 1. The lowest BCUT2D eigenvalue weighted by atomic mass is 9.96. The molecule has 1 N–H and O–H groups in total. The molecule has 30 heavy (non-hydrogen) atoms. The smallest absolute Gasteiger partial charge is 0.295 e. The first kappa shape index (κ1) is 21.3. The van der Waals surface area contributed by atoms with Gasteiger partial charge in [-0.2, -0.15) is 0 Å². The second kappa shape index (κ2) is 8.96. The third kappa shape index (κ3) is 3.99. The topological polar surface area (TPSA) is 92.2 Å². The number of aliphatic hydroxyl groups excluding tert-OH is 1. The van der Waals surface area contributed by atoms with Crippen LogP contribution in [-0.2, 0) is 9.59 Å². The van der Waals surface area contributed by atoms with Gasteiger partial charge in [0.05, 0.1) is 25.8 Å². The van der Waals surface area contributed by atoms with Crippen molar-refractivity contribution in [2.45, 2.75) is 6.04 Å². The van der Waals surface area contributed by atoms with Gasteiger partial charge in [0, 0.05) is 31.0 Å². The lowest BCUT2D eigenvalue weighted by Gasteiger charge is -2.26. The fourth-order valence-electron chi connectivity index (χ4n) is 3.44. The second-order valence-electron chi connectivity index (χ2n) is 7.15. The quantitative estimate of drug-likeness (QED) is 0.424. The van der Waals surface area contributed by atoms with Gasteiger partial charge in [0.1, 0.15) is 5.76 Å². The van der Waals surface area contributed by atoms with E-state index in [2.05, 4.69) is 4.98 Å². The average Bonchev–Trinajstić information content (AvgIpc) is 3.01. The molecule has 3 rings (SSSR count). The molecule has 1 aromatic heterocycles. The van der Waals surface area contributed by atoms with Gasteiger partial charge in [-0.05, 0) is 43.9 Å². The molecular weight excluding hydrogens is 386 g/mol. The number of ether oxygens (including phenoxy) is 2. The summed E-state index contributed by atoms with van der Waals surface area (Å²) in [6.07, 6.45) is 3.21. The summed E-state index contributed by atoms with van der Waals surface area (Å²) >= 11 is 0. The van der Waals surface area contributed by atoms with Crippen LogP contribution >= 0.6 is 0 Å². The zero-order valence-electron chi connectivity index (χ0n) is 17.5. The Morgan fingerprint density at radius 3 is 2.50 bits per heavy atom. The van der Waals surface area contributed by atoms with E-state index < -0.39 is 17.7 Å². The Labute approximate surface area is 175 Å².